The highest BCUT2D eigenvalue weighted by Gasteiger charge is 2.45. The van der Waals surface area contributed by atoms with Gasteiger partial charge in [0, 0.05) is 0 Å². The molecular formula is C8H12O5S. The largest absolute Gasteiger partial charge is 0.368 e. The summed E-state index contributed by atoms with van der Waals surface area (Å²) in [5, 5.41) is 0. The second-order valence-corrected chi connectivity index (χ2v) is 5.13. The molecule has 6 heteroatoms. The Balaban J connectivity index is 2.07. The van der Waals surface area contributed by atoms with Crippen LogP contribution in [0.3, 0.4) is 0 Å². The second-order valence-electron chi connectivity index (χ2n) is 3.53. The average Bonchev–Trinajstić information content (AvgIpc) is 2.55. The van der Waals surface area contributed by atoms with Gasteiger partial charge in [0.05, 0.1) is 19.5 Å². The minimum Gasteiger partial charge on any atom is -0.368 e. The van der Waals surface area contributed by atoms with Gasteiger partial charge < -0.3 is 9.47 Å². The van der Waals surface area contributed by atoms with Gasteiger partial charge in [-0.1, -0.05) is 6.58 Å². The van der Waals surface area contributed by atoms with Crippen molar-refractivity contribution in [3.63, 3.8) is 0 Å². The first-order chi connectivity index (χ1) is 6.47. The Kier molecular flexibility index (Phi) is 2.38. The third kappa shape index (κ3) is 1.83. The van der Waals surface area contributed by atoms with Crippen LogP contribution in [0.25, 0.3) is 0 Å². The Morgan fingerprint density at radius 3 is 2.86 bits per heavy atom. The zero-order valence-corrected chi connectivity index (χ0v) is 8.62. The van der Waals surface area contributed by atoms with Crippen molar-refractivity contribution in [2.24, 2.45) is 0 Å². The first-order valence-electron chi connectivity index (χ1n) is 4.26. The van der Waals surface area contributed by atoms with Gasteiger partial charge in [0.25, 0.3) is 10.1 Å². The zero-order chi connectivity index (χ0) is 10.3. The van der Waals surface area contributed by atoms with Crippen molar-refractivity contribution in [1.82, 2.24) is 0 Å². The molecule has 5 nitrogen and oxygen atoms in total. The molecule has 2 fully saturated rings. The van der Waals surface area contributed by atoms with Crippen LogP contribution in [0.1, 0.15) is 0 Å². The molecule has 0 N–H and O–H groups in total. The lowest BCUT2D eigenvalue weighted by Crippen LogP contribution is -2.31. The molecule has 2 saturated heterocycles. The van der Waals surface area contributed by atoms with Gasteiger partial charge in [-0.2, -0.15) is 8.42 Å². The van der Waals surface area contributed by atoms with E-state index < -0.39 is 16.2 Å². The summed E-state index contributed by atoms with van der Waals surface area (Å²) in [4.78, 5) is 0. The van der Waals surface area contributed by atoms with Crippen LogP contribution in [0.4, 0.5) is 0 Å². The Labute approximate surface area is 82.8 Å². The van der Waals surface area contributed by atoms with E-state index in [-0.39, 0.29) is 18.8 Å². The van der Waals surface area contributed by atoms with E-state index in [0.717, 1.165) is 11.8 Å². The number of hydrogen-bond acceptors (Lipinski definition) is 5. The predicted octanol–water partition coefficient (Wildman–Crippen LogP) is -0.315. The standard InChI is InChI=1S/C8H12O5S/c1-5-3-11-8-6(4-12-7(5)8)13-14(2,9)10/h6-8H,1,3-4H2,2H3/t6-,7-,8-/m1/s1. The van der Waals surface area contributed by atoms with E-state index in [1.54, 1.807) is 0 Å². The number of ether oxygens (including phenoxy) is 2. The third-order valence-electron chi connectivity index (χ3n) is 2.27. The van der Waals surface area contributed by atoms with E-state index in [0.29, 0.717) is 6.61 Å². The van der Waals surface area contributed by atoms with E-state index in [1.807, 2.05) is 0 Å². The van der Waals surface area contributed by atoms with Crippen LogP contribution >= 0.6 is 0 Å². The highest BCUT2D eigenvalue weighted by molar-refractivity contribution is 7.86. The maximum Gasteiger partial charge on any atom is 0.264 e. The van der Waals surface area contributed by atoms with Crippen molar-refractivity contribution in [2.45, 2.75) is 18.3 Å². The van der Waals surface area contributed by atoms with Crippen LogP contribution in [0, 0.1) is 0 Å². The van der Waals surface area contributed by atoms with Gasteiger partial charge in [-0.3, -0.25) is 4.18 Å². The summed E-state index contributed by atoms with van der Waals surface area (Å²) in [5.41, 5.74) is 0.842. The summed E-state index contributed by atoms with van der Waals surface area (Å²) in [7, 11) is -3.45. The molecule has 0 radical (unpaired) electrons. The lowest BCUT2D eigenvalue weighted by Gasteiger charge is -2.14. The highest BCUT2D eigenvalue weighted by atomic mass is 32.2. The van der Waals surface area contributed by atoms with Gasteiger partial charge in [0.1, 0.15) is 18.3 Å². The molecule has 0 spiro atoms. The molecule has 2 heterocycles. The zero-order valence-electron chi connectivity index (χ0n) is 7.80. The van der Waals surface area contributed by atoms with Crippen LogP contribution in [-0.4, -0.2) is 46.2 Å². The molecule has 0 aromatic rings. The maximum absolute atomic E-state index is 10.9. The minimum absolute atomic E-state index is 0.207. The smallest absolute Gasteiger partial charge is 0.264 e. The Hall–Kier alpha value is -0.430. The fourth-order valence-corrected chi connectivity index (χ4v) is 2.33. The van der Waals surface area contributed by atoms with Crippen LogP contribution in [-0.2, 0) is 23.8 Å². The lowest BCUT2D eigenvalue weighted by atomic mass is 10.1. The second kappa shape index (κ2) is 3.30. The van der Waals surface area contributed by atoms with Gasteiger partial charge in [-0.25, -0.2) is 0 Å². The number of hydrogen-bond donors (Lipinski definition) is 0. The topological polar surface area (TPSA) is 61.8 Å². The predicted molar refractivity (Wildman–Crippen MR) is 48.3 cm³/mol. The SMILES string of the molecule is C=C1CO[C@H]2[C@@H]1OC[C@H]2OS(C)(=O)=O. The molecule has 0 saturated carbocycles. The molecule has 3 atom stereocenters. The van der Waals surface area contributed by atoms with E-state index >= 15 is 0 Å². The average molecular weight is 220 g/mol. The Morgan fingerprint density at radius 1 is 1.50 bits per heavy atom. The molecule has 0 aromatic carbocycles. The monoisotopic (exact) mass is 220 g/mol. The van der Waals surface area contributed by atoms with Crippen molar-refractivity contribution in [1.29, 1.82) is 0 Å². The summed E-state index contributed by atoms with van der Waals surface area (Å²) >= 11 is 0. The van der Waals surface area contributed by atoms with Crippen molar-refractivity contribution >= 4 is 10.1 Å². The number of rotatable bonds is 2. The highest BCUT2D eigenvalue weighted by Crippen LogP contribution is 2.31. The van der Waals surface area contributed by atoms with Gasteiger partial charge >= 0.3 is 0 Å². The quantitative estimate of drug-likeness (QED) is 0.471. The van der Waals surface area contributed by atoms with Crippen LogP contribution in [0.15, 0.2) is 12.2 Å². The summed E-state index contributed by atoms with van der Waals surface area (Å²) in [6, 6.07) is 0. The van der Waals surface area contributed by atoms with Crippen molar-refractivity contribution in [2.75, 3.05) is 19.5 Å². The molecule has 0 amide bonds. The molecule has 80 valence electrons. The van der Waals surface area contributed by atoms with Crippen LogP contribution < -0.4 is 0 Å². The fourth-order valence-electron chi connectivity index (χ4n) is 1.72. The molecule has 2 aliphatic heterocycles. The maximum atomic E-state index is 10.9. The summed E-state index contributed by atoms with van der Waals surface area (Å²) < 4.78 is 37.3. The van der Waals surface area contributed by atoms with Gasteiger partial charge in [-0.15, -0.1) is 0 Å². The third-order valence-corrected chi connectivity index (χ3v) is 2.86. The van der Waals surface area contributed by atoms with Gasteiger partial charge in [0.15, 0.2) is 0 Å². The van der Waals surface area contributed by atoms with E-state index in [1.165, 1.54) is 0 Å². The summed E-state index contributed by atoms with van der Waals surface area (Å²) in [5.74, 6) is 0. The normalized spacial score (nSPS) is 37.5. The van der Waals surface area contributed by atoms with Crippen molar-refractivity contribution in [3.8, 4) is 0 Å². The van der Waals surface area contributed by atoms with Crippen molar-refractivity contribution in [3.05, 3.63) is 12.2 Å². The number of fused-ring (bicyclic) bond motifs is 1. The van der Waals surface area contributed by atoms with Crippen LogP contribution in [0.2, 0.25) is 0 Å². The molecule has 0 aliphatic carbocycles. The molecule has 0 aromatic heterocycles. The summed E-state index contributed by atoms with van der Waals surface area (Å²) in [6.07, 6.45) is -0.0439. The molecule has 2 rings (SSSR count). The fraction of sp³-hybridized carbons (Fsp3) is 0.750. The summed E-state index contributed by atoms with van der Waals surface area (Å²) in [6.45, 7) is 4.43. The van der Waals surface area contributed by atoms with Crippen LogP contribution in [0.5, 0.6) is 0 Å². The molecular weight excluding hydrogens is 208 g/mol. The van der Waals surface area contributed by atoms with Crippen molar-refractivity contribution < 1.29 is 22.1 Å². The van der Waals surface area contributed by atoms with E-state index in [9.17, 15) is 8.42 Å². The van der Waals surface area contributed by atoms with E-state index in [4.69, 9.17) is 13.7 Å². The minimum atomic E-state index is -3.45. The molecule has 2 aliphatic rings. The first kappa shape index (κ1) is 10.1. The molecule has 14 heavy (non-hydrogen) atoms. The Bertz CT molecular complexity index is 347. The molecule has 0 bridgehead atoms. The first-order valence-corrected chi connectivity index (χ1v) is 6.08. The van der Waals surface area contributed by atoms with Gasteiger partial charge in [-0.05, 0) is 5.57 Å². The molecule has 0 unspecified atom stereocenters. The van der Waals surface area contributed by atoms with Gasteiger partial charge in [0.2, 0.25) is 0 Å². The lowest BCUT2D eigenvalue weighted by molar-refractivity contribution is 0.0344. The van der Waals surface area contributed by atoms with E-state index in [2.05, 4.69) is 6.58 Å². The Morgan fingerprint density at radius 2 is 2.21 bits per heavy atom.